The lowest BCUT2D eigenvalue weighted by molar-refractivity contribution is -0.134. The molecule has 0 aromatic carbocycles. The zero-order chi connectivity index (χ0) is 9.72. The van der Waals surface area contributed by atoms with Gasteiger partial charge in [0.2, 0.25) is 0 Å². The third-order valence-corrected chi connectivity index (χ3v) is 1.65. The molecule has 1 atom stereocenters. The van der Waals surface area contributed by atoms with Gasteiger partial charge in [0.15, 0.2) is 0 Å². The average molecular weight is 169 g/mol. The maximum atomic E-state index is 11.3. The molecule has 0 aromatic heterocycles. The van der Waals surface area contributed by atoms with Crippen molar-refractivity contribution in [2.75, 3.05) is 7.05 Å². The van der Waals surface area contributed by atoms with Crippen LogP contribution in [0, 0.1) is 0 Å². The Morgan fingerprint density at radius 2 is 2.25 bits per heavy atom. The van der Waals surface area contributed by atoms with E-state index in [9.17, 15) is 9.90 Å². The molecule has 0 heterocycles. The summed E-state index contributed by atoms with van der Waals surface area (Å²) in [5.74, 6) is -0.292. The predicted octanol–water partition coefficient (Wildman–Crippen LogP) is 0.915. The van der Waals surface area contributed by atoms with Crippen LogP contribution in [-0.2, 0) is 4.79 Å². The molecule has 0 spiro atoms. The highest BCUT2D eigenvalue weighted by atomic mass is 16.3. The summed E-state index contributed by atoms with van der Waals surface area (Å²) in [5, 5.41) is 9.27. The summed E-state index contributed by atoms with van der Waals surface area (Å²) < 4.78 is 0. The molecule has 0 bridgehead atoms. The molecular formula is C9H15NO2. The van der Waals surface area contributed by atoms with Gasteiger partial charge in [0, 0.05) is 12.6 Å². The Labute approximate surface area is 73.0 Å². The normalized spacial score (nSPS) is 11.9. The fourth-order valence-electron chi connectivity index (χ4n) is 0.723. The van der Waals surface area contributed by atoms with E-state index in [0.29, 0.717) is 12.0 Å². The van der Waals surface area contributed by atoms with Gasteiger partial charge in [-0.2, -0.15) is 0 Å². The maximum Gasteiger partial charge on any atom is 0.254 e. The molecule has 0 saturated carbocycles. The SMILES string of the molecule is C=CC(=C)C(=O)N(C)C(O)CC. The van der Waals surface area contributed by atoms with E-state index in [1.54, 1.807) is 6.92 Å². The summed E-state index contributed by atoms with van der Waals surface area (Å²) in [6.45, 7) is 8.71. The Hall–Kier alpha value is -1.09. The Morgan fingerprint density at radius 3 is 2.58 bits per heavy atom. The van der Waals surface area contributed by atoms with Crippen molar-refractivity contribution < 1.29 is 9.90 Å². The van der Waals surface area contributed by atoms with Crippen LogP contribution in [0.2, 0.25) is 0 Å². The van der Waals surface area contributed by atoms with Crippen LogP contribution < -0.4 is 0 Å². The summed E-state index contributed by atoms with van der Waals surface area (Å²) in [6, 6.07) is 0. The van der Waals surface area contributed by atoms with Crippen LogP contribution in [0.4, 0.5) is 0 Å². The molecule has 0 rings (SSSR count). The zero-order valence-corrected chi connectivity index (χ0v) is 7.58. The van der Waals surface area contributed by atoms with Gasteiger partial charge < -0.3 is 10.0 Å². The van der Waals surface area contributed by atoms with E-state index in [-0.39, 0.29) is 5.91 Å². The topological polar surface area (TPSA) is 40.5 Å². The molecule has 0 fully saturated rings. The monoisotopic (exact) mass is 169 g/mol. The molecule has 0 saturated heterocycles. The number of carbonyl (C=O) groups is 1. The molecule has 0 aliphatic rings. The molecular weight excluding hydrogens is 154 g/mol. The number of nitrogens with zero attached hydrogens (tertiary/aromatic N) is 1. The van der Waals surface area contributed by atoms with E-state index < -0.39 is 6.23 Å². The Balaban J connectivity index is 4.28. The van der Waals surface area contributed by atoms with Gasteiger partial charge in [-0.05, 0) is 6.42 Å². The summed E-state index contributed by atoms with van der Waals surface area (Å²) >= 11 is 0. The van der Waals surface area contributed by atoms with E-state index in [0.717, 1.165) is 0 Å². The molecule has 3 nitrogen and oxygen atoms in total. The van der Waals surface area contributed by atoms with E-state index >= 15 is 0 Å². The first-order valence-electron chi connectivity index (χ1n) is 3.81. The molecule has 0 aliphatic carbocycles. The summed E-state index contributed by atoms with van der Waals surface area (Å²) in [6.07, 6.45) is 1.14. The van der Waals surface area contributed by atoms with Crippen molar-refractivity contribution in [3.63, 3.8) is 0 Å². The van der Waals surface area contributed by atoms with Crippen LogP contribution in [0.25, 0.3) is 0 Å². The Morgan fingerprint density at radius 1 is 1.75 bits per heavy atom. The second-order valence-corrected chi connectivity index (χ2v) is 2.53. The fourth-order valence-corrected chi connectivity index (χ4v) is 0.723. The van der Waals surface area contributed by atoms with Gasteiger partial charge in [0.25, 0.3) is 5.91 Å². The molecule has 3 heteroatoms. The highest BCUT2D eigenvalue weighted by molar-refractivity contribution is 5.95. The van der Waals surface area contributed by atoms with Crippen molar-refractivity contribution in [1.82, 2.24) is 4.90 Å². The quantitative estimate of drug-likeness (QED) is 0.386. The third-order valence-electron chi connectivity index (χ3n) is 1.65. The van der Waals surface area contributed by atoms with Crippen LogP contribution in [-0.4, -0.2) is 29.2 Å². The van der Waals surface area contributed by atoms with Crippen LogP contribution in [0.1, 0.15) is 13.3 Å². The van der Waals surface area contributed by atoms with Crippen molar-refractivity contribution in [2.24, 2.45) is 0 Å². The lowest BCUT2D eigenvalue weighted by Gasteiger charge is -2.22. The highest BCUT2D eigenvalue weighted by Crippen LogP contribution is 2.03. The van der Waals surface area contributed by atoms with Crippen LogP contribution in [0.15, 0.2) is 24.8 Å². The zero-order valence-electron chi connectivity index (χ0n) is 7.58. The molecule has 0 aromatic rings. The third kappa shape index (κ3) is 2.51. The molecule has 1 unspecified atom stereocenters. The van der Waals surface area contributed by atoms with Crippen molar-refractivity contribution in [1.29, 1.82) is 0 Å². The minimum absolute atomic E-state index is 0.292. The molecule has 0 aliphatic heterocycles. The first-order chi connectivity index (χ1) is 5.54. The number of aliphatic hydroxyl groups is 1. The molecule has 12 heavy (non-hydrogen) atoms. The lowest BCUT2D eigenvalue weighted by atomic mass is 10.2. The van der Waals surface area contributed by atoms with Crippen LogP contribution in [0.3, 0.4) is 0 Å². The van der Waals surface area contributed by atoms with Gasteiger partial charge in [-0.25, -0.2) is 0 Å². The number of amides is 1. The van der Waals surface area contributed by atoms with Gasteiger partial charge in [-0.3, -0.25) is 4.79 Å². The predicted molar refractivity (Wildman–Crippen MR) is 48.4 cm³/mol. The van der Waals surface area contributed by atoms with Gasteiger partial charge in [0.05, 0.1) is 0 Å². The van der Waals surface area contributed by atoms with E-state index in [2.05, 4.69) is 13.2 Å². The Bertz CT molecular complexity index is 199. The number of likely N-dealkylation sites (N-methyl/N-ethyl adjacent to an activating group) is 1. The molecule has 1 amide bonds. The number of hydrogen-bond donors (Lipinski definition) is 1. The first-order valence-corrected chi connectivity index (χ1v) is 3.81. The summed E-state index contributed by atoms with van der Waals surface area (Å²) in [5.41, 5.74) is 0.296. The van der Waals surface area contributed by atoms with Gasteiger partial charge in [-0.1, -0.05) is 26.2 Å². The van der Waals surface area contributed by atoms with Gasteiger partial charge >= 0.3 is 0 Å². The first kappa shape index (κ1) is 10.9. The lowest BCUT2D eigenvalue weighted by Crippen LogP contribution is -2.36. The maximum absolute atomic E-state index is 11.3. The van der Waals surface area contributed by atoms with Crippen molar-refractivity contribution >= 4 is 5.91 Å². The summed E-state index contributed by atoms with van der Waals surface area (Å²) in [4.78, 5) is 12.5. The van der Waals surface area contributed by atoms with Crippen LogP contribution >= 0.6 is 0 Å². The van der Waals surface area contributed by atoms with E-state index in [1.165, 1.54) is 18.0 Å². The average Bonchev–Trinajstić information content (AvgIpc) is 2.12. The second kappa shape index (κ2) is 4.72. The standard InChI is InChI=1S/C9H15NO2/c1-5-7(3)9(12)10(4)8(11)6-2/h5,8,11H,1,3,6H2,2,4H3. The number of rotatable bonds is 4. The van der Waals surface area contributed by atoms with Gasteiger partial charge in [0.1, 0.15) is 6.23 Å². The number of aliphatic hydroxyl groups excluding tert-OH is 1. The smallest absolute Gasteiger partial charge is 0.254 e. The fraction of sp³-hybridized carbons (Fsp3) is 0.444. The highest BCUT2D eigenvalue weighted by Gasteiger charge is 2.15. The molecule has 68 valence electrons. The van der Waals surface area contributed by atoms with Crippen molar-refractivity contribution in [3.8, 4) is 0 Å². The second-order valence-electron chi connectivity index (χ2n) is 2.53. The molecule has 0 radical (unpaired) electrons. The van der Waals surface area contributed by atoms with Gasteiger partial charge in [-0.15, -0.1) is 0 Å². The number of hydrogen-bond acceptors (Lipinski definition) is 2. The van der Waals surface area contributed by atoms with E-state index in [4.69, 9.17) is 0 Å². The molecule has 1 N–H and O–H groups in total. The largest absolute Gasteiger partial charge is 0.374 e. The van der Waals surface area contributed by atoms with Crippen molar-refractivity contribution in [3.05, 3.63) is 24.8 Å². The number of carbonyl (C=O) groups excluding carboxylic acids is 1. The minimum atomic E-state index is -0.741. The van der Waals surface area contributed by atoms with E-state index in [1.807, 2.05) is 0 Å². The van der Waals surface area contributed by atoms with Crippen molar-refractivity contribution in [2.45, 2.75) is 19.6 Å². The summed E-state index contributed by atoms with van der Waals surface area (Å²) in [7, 11) is 1.53. The minimum Gasteiger partial charge on any atom is -0.374 e. The Kier molecular flexibility index (Phi) is 4.29. The van der Waals surface area contributed by atoms with Crippen LogP contribution in [0.5, 0.6) is 0 Å².